The molecule has 2 aromatic heterocycles. The first kappa shape index (κ1) is 18.6. The number of carbonyl (C=O) groups is 3. The second-order valence-corrected chi connectivity index (χ2v) is 6.58. The summed E-state index contributed by atoms with van der Waals surface area (Å²) in [5.41, 5.74) is 1.96. The van der Waals surface area contributed by atoms with E-state index < -0.39 is 0 Å². The monoisotopic (exact) mass is 372 g/mol. The third-order valence-electron chi connectivity index (χ3n) is 4.25. The third kappa shape index (κ3) is 4.30. The van der Waals surface area contributed by atoms with E-state index in [9.17, 15) is 14.4 Å². The summed E-state index contributed by atoms with van der Waals surface area (Å²) in [7, 11) is 3.48. The number of aryl methyl sites for hydroxylation is 2. The number of nitrogens with one attached hydrogen (secondary N) is 3. The lowest BCUT2D eigenvalue weighted by atomic mass is 10.3. The Balaban J connectivity index is 1.67. The number of urea groups is 1. The van der Waals surface area contributed by atoms with Gasteiger partial charge < -0.3 is 30.0 Å². The molecule has 0 saturated carbocycles. The van der Waals surface area contributed by atoms with Crippen LogP contribution in [0.4, 0.5) is 16.2 Å². The molecule has 0 bridgehead atoms. The fraction of sp³-hybridized carbons (Fsp3) is 0.389. The van der Waals surface area contributed by atoms with E-state index in [-0.39, 0.29) is 17.8 Å². The topological polar surface area (TPSA) is 100 Å². The maximum Gasteiger partial charge on any atom is 0.322 e. The van der Waals surface area contributed by atoms with Gasteiger partial charge in [0.15, 0.2) is 0 Å². The van der Waals surface area contributed by atoms with E-state index >= 15 is 0 Å². The normalized spacial score (nSPS) is 12.6. The van der Waals surface area contributed by atoms with Crippen LogP contribution in [0.2, 0.25) is 0 Å². The average molecular weight is 372 g/mol. The zero-order valence-electron chi connectivity index (χ0n) is 15.7. The Labute approximate surface area is 157 Å². The summed E-state index contributed by atoms with van der Waals surface area (Å²) < 4.78 is 3.31. The Morgan fingerprint density at radius 1 is 0.926 bits per heavy atom. The molecular weight excluding hydrogens is 348 g/mol. The van der Waals surface area contributed by atoms with Gasteiger partial charge in [-0.25, -0.2) is 4.79 Å². The minimum absolute atomic E-state index is 0.168. The van der Waals surface area contributed by atoms with Gasteiger partial charge in [-0.3, -0.25) is 9.59 Å². The Morgan fingerprint density at radius 3 is 2.04 bits per heavy atom. The molecule has 3 heterocycles. The summed E-state index contributed by atoms with van der Waals surface area (Å²) in [4.78, 5) is 38.2. The van der Waals surface area contributed by atoms with Crippen LogP contribution in [0.15, 0.2) is 24.5 Å². The van der Waals surface area contributed by atoms with Gasteiger partial charge in [-0.05, 0) is 18.6 Å². The van der Waals surface area contributed by atoms with Gasteiger partial charge >= 0.3 is 6.03 Å². The van der Waals surface area contributed by atoms with E-state index in [4.69, 9.17) is 0 Å². The molecule has 144 valence electrons. The number of amides is 4. The molecule has 0 atom stereocenters. The third-order valence-corrected chi connectivity index (χ3v) is 4.25. The summed E-state index contributed by atoms with van der Waals surface area (Å²) in [6.07, 6.45) is 4.22. The van der Waals surface area contributed by atoms with Crippen molar-refractivity contribution in [2.45, 2.75) is 13.3 Å². The van der Waals surface area contributed by atoms with Crippen LogP contribution in [-0.2, 0) is 14.1 Å². The van der Waals surface area contributed by atoms with Crippen molar-refractivity contribution in [2.75, 3.05) is 30.3 Å². The lowest BCUT2D eigenvalue weighted by Crippen LogP contribution is -2.25. The van der Waals surface area contributed by atoms with Gasteiger partial charge in [-0.1, -0.05) is 6.92 Å². The molecule has 1 aliphatic rings. The van der Waals surface area contributed by atoms with E-state index in [2.05, 4.69) is 16.0 Å². The fourth-order valence-electron chi connectivity index (χ4n) is 2.70. The first-order chi connectivity index (χ1) is 12.9. The standard InChI is InChI=1S/C18H24N6O3/c1-4-5-19-16(25)14-8-12(10-22(14)2)20-17(26)15-9-13(11-23(15)3)21-18(27)24-6-7-24/h8-11H,4-7H2,1-3H3,(H,19,25)(H,20,26)(H,21,27). The maximum absolute atomic E-state index is 12.6. The molecule has 1 aliphatic heterocycles. The van der Waals surface area contributed by atoms with Crippen molar-refractivity contribution in [1.29, 1.82) is 0 Å². The van der Waals surface area contributed by atoms with E-state index in [0.717, 1.165) is 19.5 Å². The van der Waals surface area contributed by atoms with Gasteiger partial charge in [-0.2, -0.15) is 0 Å². The smallest absolute Gasteiger partial charge is 0.322 e. The highest BCUT2D eigenvalue weighted by atomic mass is 16.2. The van der Waals surface area contributed by atoms with Crippen LogP contribution in [0.1, 0.15) is 34.3 Å². The van der Waals surface area contributed by atoms with Crippen molar-refractivity contribution < 1.29 is 14.4 Å². The summed E-state index contributed by atoms with van der Waals surface area (Å²) in [5, 5.41) is 8.36. The van der Waals surface area contributed by atoms with E-state index in [1.807, 2.05) is 6.92 Å². The summed E-state index contributed by atoms with van der Waals surface area (Å²) in [6, 6.07) is 3.09. The summed E-state index contributed by atoms with van der Waals surface area (Å²) in [5.74, 6) is -0.505. The number of nitrogens with zero attached hydrogens (tertiary/aromatic N) is 3. The molecule has 0 unspecified atom stereocenters. The van der Waals surface area contributed by atoms with Crippen molar-refractivity contribution in [2.24, 2.45) is 14.1 Å². The van der Waals surface area contributed by atoms with Gasteiger partial charge in [-0.15, -0.1) is 0 Å². The molecule has 1 saturated heterocycles. The van der Waals surface area contributed by atoms with Gasteiger partial charge in [0, 0.05) is 46.1 Å². The van der Waals surface area contributed by atoms with Crippen molar-refractivity contribution in [1.82, 2.24) is 19.4 Å². The minimum atomic E-state index is -0.323. The van der Waals surface area contributed by atoms with Crippen LogP contribution >= 0.6 is 0 Å². The highest BCUT2D eigenvalue weighted by molar-refractivity contribution is 6.05. The van der Waals surface area contributed by atoms with Crippen LogP contribution in [0.3, 0.4) is 0 Å². The molecular formula is C18H24N6O3. The predicted octanol–water partition coefficient (Wildman–Crippen LogP) is 1.60. The first-order valence-electron chi connectivity index (χ1n) is 8.87. The number of hydrogen-bond donors (Lipinski definition) is 3. The van der Waals surface area contributed by atoms with E-state index in [0.29, 0.717) is 29.3 Å². The molecule has 4 amide bonds. The molecule has 0 spiro atoms. The Bertz CT molecular complexity index is 878. The zero-order valence-corrected chi connectivity index (χ0v) is 15.7. The average Bonchev–Trinajstić information content (AvgIpc) is 3.32. The fourth-order valence-corrected chi connectivity index (χ4v) is 2.70. The molecule has 3 rings (SSSR count). The van der Waals surface area contributed by atoms with Crippen molar-refractivity contribution in [3.05, 3.63) is 35.9 Å². The molecule has 2 aromatic rings. The van der Waals surface area contributed by atoms with Crippen LogP contribution in [0, 0.1) is 0 Å². The Hall–Kier alpha value is -3.23. The van der Waals surface area contributed by atoms with E-state index in [1.54, 1.807) is 52.7 Å². The molecule has 9 nitrogen and oxygen atoms in total. The highest BCUT2D eigenvalue weighted by Gasteiger charge is 2.24. The second kappa shape index (κ2) is 7.56. The highest BCUT2D eigenvalue weighted by Crippen LogP contribution is 2.18. The molecule has 0 aromatic carbocycles. The lowest BCUT2D eigenvalue weighted by Gasteiger charge is -2.03. The second-order valence-electron chi connectivity index (χ2n) is 6.58. The Morgan fingerprint density at radius 2 is 1.48 bits per heavy atom. The number of rotatable bonds is 6. The number of anilines is 2. The lowest BCUT2D eigenvalue weighted by molar-refractivity contribution is 0.0944. The quantitative estimate of drug-likeness (QED) is 0.672. The number of aromatic nitrogens is 2. The van der Waals surface area contributed by atoms with Crippen LogP contribution < -0.4 is 16.0 Å². The van der Waals surface area contributed by atoms with Gasteiger partial charge in [0.05, 0.1) is 11.4 Å². The number of hydrogen-bond acceptors (Lipinski definition) is 3. The SMILES string of the molecule is CCCNC(=O)c1cc(NC(=O)c2cc(NC(=O)N3CC3)cn2C)cn1C. The van der Waals surface area contributed by atoms with Gasteiger partial charge in [0.1, 0.15) is 11.4 Å². The summed E-state index contributed by atoms with van der Waals surface area (Å²) >= 11 is 0. The van der Waals surface area contributed by atoms with Crippen molar-refractivity contribution in [3.8, 4) is 0 Å². The summed E-state index contributed by atoms with van der Waals surface area (Å²) in [6.45, 7) is 4.10. The largest absolute Gasteiger partial charge is 0.351 e. The predicted molar refractivity (Wildman–Crippen MR) is 102 cm³/mol. The molecule has 0 radical (unpaired) electrons. The van der Waals surface area contributed by atoms with Crippen molar-refractivity contribution in [3.63, 3.8) is 0 Å². The van der Waals surface area contributed by atoms with E-state index in [1.165, 1.54) is 0 Å². The van der Waals surface area contributed by atoms with Crippen molar-refractivity contribution >= 4 is 29.2 Å². The van der Waals surface area contributed by atoms with Crippen LogP contribution in [0.5, 0.6) is 0 Å². The zero-order chi connectivity index (χ0) is 19.6. The van der Waals surface area contributed by atoms with Crippen LogP contribution in [0.25, 0.3) is 0 Å². The van der Waals surface area contributed by atoms with Crippen LogP contribution in [-0.4, -0.2) is 51.5 Å². The molecule has 1 fully saturated rings. The number of carbonyl (C=O) groups excluding carboxylic acids is 3. The molecule has 27 heavy (non-hydrogen) atoms. The molecule has 0 aliphatic carbocycles. The van der Waals surface area contributed by atoms with Gasteiger partial charge in [0.2, 0.25) is 0 Å². The first-order valence-corrected chi connectivity index (χ1v) is 8.87. The molecule has 9 heteroatoms. The molecule has 3 N–H and O–H groups in total. The minimum Gasteiger partial charge on any atom is -0.351 e. The Kier molecular flexibility index (Phi) is 5.20. The van der Waals surface area contributed by atoms with Gasteiger partial charge in [0.25, 0.3) is 11.8 Å². The maximum atomic E-state index is 12.6.